The van der Waals surface area contributed by atoms with E-state index < -0.39 is 0 Å². The quantitative estimate of drug-likeness (QED) is 0.453. The number of rotatable bonds is 0. The summed E-state index contributed by atoms with van der Waals surface area (Å²) >= 11 is 0. The Morgan fingerprint density at radius 2 is 1.00 bits per heavy atom. The summed E-state index contributed by atoms with van der Waals surface area (Å²) in [6.45, 7) is 0. The predicted molar refractivity (Wildman–Crippen MR) is 100 cm³/mol. The van der Waals surface area contributed by atoms with Crippen molar-refractivity contribution in [3.63, 3.8) is 0 Å². The highest BCUT2D eigenvalue weighted by atomic mass is 14.9. The first-order valence-electron chi connectivity index (χ1n) is 7.98. The van der Waals surface area contributed by atoms with Crippen molar-refractivity contribution in [2.24, 2.45) is 0 Å². The van der Waals surface area contributed by atoms with Crippen molar-refractivity contribution in [2.75, 3.05) is 5.73 Å². The highest BCUT2D eigenvalue weighted by Gasteiger charge is 2.19. The van der Waals surface area contributed by atoms with Crippen LogP contribution in [0.1, 0.15) is 28.1 Å². The second kappa shape index (κ2) is 6.15. The molecule has 0 saturated heterocycles. The molecule has 0 fully saturated rings. The molecule has 4 aromatic rings. The number of nitrogens with zero attached hydrogens (tertiary/aromatic N) is 8. The third kappa shape index (κ3) is 2.32. The lowest BCUT2D eigenvalue weighted by atomic mass is 9.98. The number of hydrogen-bond donors (Lipinski definition) is 1. The zero-order valence-corrected chi connectivity index (χ0v) is 14.4. The van der Waals surface area contributed by atoms with Gasteiger partial charge in [0.2, 0.25) is 0 Å². The van der Waals surface area contributed by atoms with Crippen LogP contribution >= 0.6 is 0 Å². The molecule has 4 rings (SSSR count). The average molecular weight is 371 g/mol. The molecule has 0 aliphatic carbocycles. The topological polar surface area (TPSA) is 184 Å². The van der Waals surface area contributed by atoms with Gasteiger partial charge in [0.05, 0.1) is 27.7 Å². The van der Waals surface area contributed by atoms with Gasteiger partial charge in [0.25, 0.3) is 0 Å². The van der Waals surface area contributed by atoms with Gasteiger partial charge in [-0.25, -0.2) is 15.0 Å². The molecule has 0 aliphatic heterocycles. The SMILES string of the molecule is N#Cc1cc2c3nc(C#N)c(C#N)cc3c3cc(C#N)c(C#N)nc3c2nc1N. The van der Waals surface area contributed by atoms with Crippen LogP contribution in [0.25, 0.3) is 32.7 Å². The Labute approximate surface area is 162 Å². The van der Waals surface area contributed by atoms with Crippen molar-refractivity contribution in [1.82, 2.24) is 15.0 Å². The van der Waals surface area contributed by atoms with Crippen LogP contribution in [-0.2, 0) is 0 Å². The van der Waals surface area contributed by atoms with Crippen LogP contribution in [0.4, 0.5) is 5.82 Å². The van der Waals surface area contributed by atoms with Gasteiger partial charge in [0.1, 0.15) is 41.7 Å². The maximum absolute atomic E-state index is 9.37. The van der Waals surface area contributed by atoms with E-state index in [1.54, 1.807) is 0 Å². The minimum Gasteiger partial charge on any atom is -0.383 e. The van der Waals surface area contributed by atoms with E-state index in [0.29, 0.717) is 21.7 Å². The second-order valence-corrected chi connectivity index (χ2v) is 5.94. The Kier molecular flexibility index (Phi) is 3.63. The molecule has 130 valence electrons. The summed E-state index contributed by atoms with van der Waals surface area (Å²) in [5, 5.41) is 48.0. The molecule has 29 heavy (non-hydrogen) atoms. The van der Waals surface area contributed by atoms with Crippen molar-refractivity contribution in [3.05, 3.63) is 46.3 Å². The zero-order chi connectivity index (χ0) is 20.7. The number of hydrogen-bond acceptors (Lipinski definition) is 9. The van der Waals surface area contributed by atoms with Crippen molar-refractivity contribution in [1.29, 1.82) is 26.3 Å². The van der Waals surface area contributed by atoms with Gasteiger partial charge in [0, 0.05) is 16.2 Å². The molecule has 0 spiro atoms. The average Bonchev–Trinajstić information content (AvgIpc) is 2.76. The maximum Gasteiger partial charge on any atom is 0.159 e. The van der Waals surface area contributed by atoms with Crippen LogP contribution in [0.5, 0.6) is 0 Å². The Morgan fingerprint density at radius 3 is 1.52 bits per heavy atom. The van der Waals surface area contributed by atoms with Gasteiger partial charge in [0.15, 0.2) is 11.4 Å². The molecule has 3 aromatic heterocycles. The fourth-order valence-electron chi connectivity index (χ4n) is 3.14. The molecule has 0 radical (unpaired) electrons. The Balaban J connectivity index is 2.41. The van der Waals surface area contributed by atoms with Crippen molar-refractivity contribution in [3.8, 4) is 30.3 Å². The Bertz CT molecular complexity index is 1560. The van der Waals surface area contributed by atoms with Crippen LogP contribution in [0.15, 0.2) is 18.2 Å². The lowest BCUT2D eigenvalue weighted by molar-refractivity contribution is 1.28. The third-order valence-electron chi connectivity index (χ3n) is 4.44. The van der Waals surface area contributed by atoms with E-state index in [1.165, 1.54) is 18.2 Å². The minimum absolute atomic E-state index is 0.0283. The Morgan fingerprint density at radius 1 is 0.552 bits per heavy atom. The first-order valence-corrected chi connectivity index (χ1v) is 7.98. The molecule has 0 bridgehead atoms. The molecule has 9 heteroatoms. The van der Waals surface area contributed by atoms with E-state index in [4.69, 9.17) is 5.73 Å². The number of anilines is 1. The van der Waals surface area contributed by atoms with E-state index >= 15 is 0 Å². The number of fused-ring (bicyclic) bond motifs is 6. The molecule has 3 heterocycles. The fraction of sp³-hybridized carbons (Fsp3) is 0. The molecule has 0 aliphatic rings. The van der Waals surface area contributed by atoms with E-state index in [0.717, 1.165) is 0 Å². The second-order valence-electron chi connectivity index (χ2n) is 5.94. The molecular formula is C20H5N9. The van der Waals surface area contributed by atoms with Gasteiger partial charge in [-0.3, -0.25) is 0 Å². The van der Waals surface area contributed by atoms with Gasteiger partial charge < -0.3 is 5.73 Å². The van der Waals surface area contributed by atoms with Crippen molar-refractivity contribution < 1.29 is 0 Å². The molecule has 0 amide bonds. The summed E-state index contributed by atoms with van der Waals surface area (Å²) in [7, 11) is 0. The summed E-state index contributed by atoms with van der Waals surface area (Å²) in [6.07, 6.45) is 0. The first-order chi connectivity index (χ1) is 14.1. The van der Waals surface area contributed by atoms with Gasteiger partial charge >= 0.3 is 0 Å². The lowest BCUT2D eigenvalue weighted by Crippen LogP contribution is -2.01. The molecular weight excluding hydrogens is 366 g/mol. The van der Waals surface area contributed by atoms with Crippen molar-refractivity contribution in [2.45, 2.75) is 0 Å². The van der Waals surface area contributed by atoms with Gasteiger partial charge in [-0.1, -0.05) is 0 Å². The minimum atomic E-state index is -0.0903. The van der Waals surface area contributed by atoms with Crippen LogP contribution in [0, 0.1) is 56.7 Å². The van der Waals surface area contributed by atoms with Crippen molar-refractivity contribution >= 4 is 38.5 Å². The lowest BCUT2D eigenvalue weighted by Gasteiger charge is -2.11. The van der Waals surface area contributed by atoms with E-state index in [1.807, 2.05) is 30.3 Å². The van der Waals surface area contributed by atoms with Gasteiger partial charge in [-0.05, 0) is 18.2 Å². The summed E-state index contributed by atoms with van der Waals surface area (Å²) < 4.78 is 0. The van der Waals surface area contributed by atoms with Gasteiger partial charge in [-0.2, -0.15) is 26.3 Å². The predicted octanol–water partition coefficient (Wildman–Crippen LogP) is 2.27. The van der Waals surface area contributed by atoms with E-state index in [9.17, 15) is 26.3 Å². The smallest absolute Gasteiger partial charge is 0.159 e. The van der Waals surface area contributed by atoms with Crippen LogP contribution in [0.2, 0.25) is 0 Å². The van der Waals surface area contributed by atoms with Crippen LogP contribution in [0.3, 0.4) is 0 Å². The maximum atomic E-state index is 9.37. The molecule has 2 N–H and O–H groups in total. The number of nitrogens with two attached hydrogens (primary N) is 1. The molecule has 0 saturated carbocycles. The molecule has 9 nitrogen and oxygen atoms in total. The first kappa shape index (κ1) is 17.1. The number of pyridine rings is 3. The highest BCUT2D eigenvalue weighted by molar-refractivity contribution is 6.22. The number of benzene rings is 1. The van der Waals surface area contributed by atoms with Gasteiger partial charge in [-0.15, -0.1) is 0 Å². The highest BCUT2D eigenvalue weighted by Crippen LogP contribution is 2.35. The van der Waals surface area contributed by atoms with Crippen LogP contribution < -0.4 is 5.73 Å². The molecule has 0 unspecified atom stereocenters. The summed E-state index contributed by atoms with van der Waals surface area (Å²) in [5.41, 5.74) is 6.74. The molecule has 1 aromatic carbocycles. The van der Waals surface area contributed by atoms with E-state index in [-0.39, 0.29) is 44.9 Å². The fourth-order valence-corrected chi connectivity index (χ4v) is 3.14. The number of nitriles is 5. The Hall–Kier alpha value is -5.30. The summed E-state index contributed by atoms with van der Waals surface area (Å²) in [4.78, 5) is 12.8. The molecule has 0 atom stereocenters. The normalized spacial score (nSPS) is 10.0. The summed E-state index contributed by atoms with van der Waals surface area (Å²) in [5.74, 6) is -0.0283. The monoisotopic (exact) mass is 371 g/mol. The summed E-state index contributed by atoms with van der Waals surface area (Å²) in [6, 6.07) is 14.0. The largest absolute Gasteiger partial charge is 0.383 e. The standard InChI is InChI=1S/C20H5N9/c21-4-9-1-12-13-2-10(5-22)16(8-25)28-18(13)19-14(17(12)27-15(9)7-24)3-11(6-23)20(26)29-19/h1-3H,(H2,26,29). The van der Waals surface area contributed by atoms with Crippen LogP contribution in [-0.4, -0.2) is 15.0 Å². The number of aromatic nitrogens is 3. The third-order valence-corrected chi connectivity index (χ3v) is 4.44. The number of nitrogen functional groups attached to an aromatic ring is 1. The van der Waals surface area contributed by atoms with E-state index in [2.05, 4.69) is 15.0 Å². The zero-order valence-electron chi connectivity index (χ0n) is 14.4.